The van der Waals surface area contributed by atoms with E-state index in [0.29, 0.717) is 6.54 Å². The van der Waals surface area contributed by atoms with Gasteiger partial charge < -0.3 is 10.6 Å². The smallest absolute Gasteiger partial charge is 0.191 e. The topological polar surface area (TPSA) is 84.9 Å². The van der Waals surface area contributed by atoms with Gasteiger partial charge >= 0.3 is 0 Å². The molecule has 8 nitrogen and oxygen atoms in total. The maximum Gasteiger partial charge on any atom is 0.191 e. The fourth-order valence-electron chi connectivity index (χ4n) is 3.47. The van der Waals surface area contributed by atoms with Gasteiger partial charge in [0.1, 0.15) is 11.6 Å². The number of rotatable bonds is 7. The van der Waals surface area contributed by atoms with Crippen LogP contribution in [0.5, 0.6) is 0 Å². The molecule has 3 aromatic heterocycles. The van der Waals surface area contributed by atoms with Gasteiger partial charge in [0, 0.05) is 43.9 Å². The molecule has 0 spiro atoms. The molecule has 8 heteroatoms. The van der Waals surface area contributed by atoms with Crippen LogP contribution in [0.3, 0.4) is 0 Å². The largest absolute Gasteiger partial charge is 0.357 e. The number of guanidine groups is 1. The van der Waals surface area contributed by atoms with Crippen LogP contribution in [-0.4, -0.2) is 42.9 Å². The quantitative estimate of drug-likeness (QED) is 0.464. The molecular formula is C22H32N8. The minimum Gasteiger partial charge on any atom is -0.357 e. The Labute approximate surface area is 178 Å². The van der Waals surface area contributed by atoms with Gasteiger partial charge in [0.2, 0.25) is 0 Å². The van der Waals surface area contributed by atoms with Crippen LogP contribution < -0.4 is 10.6 Å². The standard InChI is InChI=1S/C22H32N8/c1-7-23-22(27-15(2)12-20-16(3)28-29(6)17(20)4)26-14-19-8-9-21(25-13-19)30-11-10-24-18(30)5/h8-11,13,15H,7,12,14H2,1-6H3,(H2,23,26,27). The van der Waals surface area contributed by atoms with Crippen LogP contribution in [-0.2, 0) is 20.0 Å². The number of nitrogens with one attached hydrogen (secondary N) is 2. The predicted molar refractivity (Wildman–Crippen MR) is 120 cm³/mol. The van der Waals surface area contributed by atoms with Gasteiger partial charge in [-0.05, 0) is 58.2 Å². The second-order valence-electron chi connectivity index (χ2n) is 7.59. The third kappa shape index (κ3) is 5.06. The van der Waals surface area contributed by atoms with Gasteiger partial charge in [0.15, 0.2) is 5.96 Å². The highest BCUT2D eigenvalue weighted by molar-refractivity contribution is 5.80. The van der Waals surface area contributed by atoms with Crippen molar-refractivity contribution < 1.29 is 0 Å². The predicted octanol–water partition coefficient (Wildman–Crippen LogP) is 2.61. The first-order valence-electron chi connectivity index (χ1n) is 10.4. The molecule has 0 aliphatic carbocycles. The van der Waals surface area contributed by atoms with E-state index in [9.17, 15) is 0 Å². The number of imidazole rings is 1. The Morgan fingerprint density at radius 3 is 2.57 bits per heavy atom. The van der Waals surface area contributed by atoms with E-state index in [-0.39, 0.29) is 6.04 Å². The molecule has 0 saturated heterocycles. The molecule has 0 bridgehead atoms. The Balaban J connectivity index is 1.64. The third-order valence-electron chi connectivity index (χ3n) is 5.20. The molecule has 0 saturated carbocycles. The van der Waals surface area contributed by atoms with Crippen LogP contribution in [0.1, 0.15) is 42.2 Å². The second-order valence-corrected chi connectivity index (χ2v) is 7.59. The summed E-state index contributed by atoms with van der Waals surface area (Å²) >= 11 is 0. The van der Waals surface area contributed by atoms with Crippen molar-refractivity contribution in [2.75, 3.05) is 6.54 Å². The fraction of sp³-hybridized carbons (Fsp3) is 0.455. The van der Waals surface area contributed by atoms with Crippen molar-refractivity contribution in [3.8, 4) is 5.82 Å². The van der Waals surface area contributed by atoms with Crippen molar-refractivity contribution in [2.45, 2.75) is 53.6 Å². The maximum atomic E-state index is 4.74. The van der Waals surface area contributed by atoms with Gasteiger partial charge in [0.05, 0.1) is 12.2 Å². The summed E-state index contributed by atoms with van der Waals surface area (Å²) in [6.07, 6.45) is 6.46. The molecule has 0 radical (unpaired) electrons. The van der Waals surface area contributed by atoms with Crippen LogP contribution in [0.4, 0.5) is 0 Å². The number of hydrogen-bond acceptors (Lipinski definition) is 4. The number of pyridine rings is 1. The lowest BCUT2D eigenvalue weighted by Gasteiger charge is -2.18. The Morgan fingerprint density at radius 2 is 2.00 bits per heavy atom. The summed E-state index contributed by atoms with van der Waals surface area (Å²) in [4.78, 5) is 13.5. The SMILES string of the molecule is CCNC(=NCc1ccc(-n2ccnc2C)nc1)NC(C)Cc1c(C)nn(C)c1C. The van der Waals surface area contributed by atoms with Crippen LogP contribution in [0.2, 0.25) is 0 Å². The van der Waals surface area contributed by atoms with Gasteiger partial charge in [-0.3, -0.25) is 9.25 Å². The van der Waals surface area contributed by atoms with Gasteiger partial charge in [0.25, 0.3) is 0 Å². The van der Waals surface area contributed by atoms with Crippen LogP contribution in [0, 0.1) is 20.8 Å². The molecule has 2 N–H and O–H groups in total. The lowest BCUT2D eigenvalue weighted by atomic mass is 10.1. The summed E-state index contributed by atoms with van der Waals surface area (Å²) in [5, 5.41) is 11.4. The highest BCUT2D eigenvalue weighted by atomic mass is 15.3. The molecule has 30 heavy (non-hydrogen) atoms. The van der Waals surface area contributed by atoms with E-state index >= 15 is 0 Å². The van der Waals surface area contributed by atoms with Gasteiger partial charge in [-0.15, -0.1) is 0 Å². The van der Waals surface area contributed by atoms with Gasteiger partial charge in [-0.25, -0.2) is 15.0 Å². The normalized spacial score (nSPS) is 12.8. The number of aryl methyl sites for hydroxylation is 3. The first-order valence-corrected chi connectivity index (χ1v) is 10.4. The third-order valence-corrected chi connectivity index (χ3v) is 5.20. The molecule has 0 amide bonds. The number of nitrogens with zero attached hydrogens (tertiary/aromatic N) is 6. The van der Waals surface area contributed by atoms with Gasteiger partial charge in [-0.1, -0.05) is 6.07 Å². The zero-order chi connectivity index (χ0) is 21.7. The van der Waals surface area contributed by atoms with Crippen molar-refractivity contribution in [3.63, 3.8) is 0 Å². The van der Waals surface area contributed by atoms with Crippen molar-refractivity contribution >= 4 is 5.96 Å². The average Bonchev–Trinajstić information content (AvgIpc) is 3.25. The van der Waals surface area contributed by atoms with E-state index in [0.717, 1.165) is 41.8 Å². The zero-order valence-corrected chi connectivity index (χ0v) is 18.8. The zero-order valence-electron chi connectivity index (χ0n) is 18.8. The van der Waals surface area contributed by atoms with E-state index in [1.807, 2.05) is 41.7 Å². The van der Waals surface area contributed by atoms with E-state index in [2.05, 4.69) is 59.5 Å². The molecule has 1 atom stereocenters. The number of hydrogen-bond donors (Lipinski definition) is 2. The summed E-state index contributed by atoms with van der Waals surface area (Å²) in [6, 6.07) is 4.28. The first-order chi connectivity index (χ1) is 14.4. The maximum absolute atomic E-state index is 4.74. The minimum absolute atomic E-state index is 0.231. The Kier molecular flexibility index (Phi) is 6.87. The minimum atomic E-state index is 0.231. The summed E-state index contributed by atoms with van der Waals surface area (Å²) in [5.41, 5.74) is 4.65. The van der Waals surface area contributed by atoms with Crippen LogP contribution in [0.25, 0.3) is 5.82 Å². The number of aromatic nitrogens is 5. The fourth-order valence-corrected chi connectivity index (χ4v) is 3.47. The molecule has 0 aliphatic rings. The molecule has 3 heterocycles. The van der Waals surface area contributed by atoms with E-state index < -0.39 is 0 Å². The molecule has 0 fully saturated rings. The average molecular weight is 409 g/mol. The summed E-state index contributed by atoms with van der Waals surface area (Å²) in [6.45, 7) is 11.7. The van der Waals surface area contributed by atoms with E-state index in [1.54, 1.807) is 6.20 Å². The molecule has 0 aromatic carbocycles. The highest BCUT2D eigenvalue weighted by Crippen LogP contribution is 2.14. The Hall–Kier alpha value is -3.16. The van der Waals surface area contributed by atoms with Gasteiger partial charge in [-0.2, -0.15) is 5.10 Å². The van der Waals surface area contributed by atoms with Crippen LogP contribution in [0.15, 0.2) is 35.7 Å². The van der Waals surface area contributed by atoms with E-state index in [1.165, 1.54) is 11.3 Å². The summed E-state index contributed by atoms with van der Waals surface area (Å²) in [5.74, 6) is 2.58. The molecule has 1 unspecified atom stereocenters. The second kappa shape index (κ2) is 9.56. The molecule has 3 rings (SSSR count). The van der Waals surface area contributed by atoms with Crippen LogP contribution >= 0.6 is 0 Å². The summed E-state index contributed by atoms with van der Waals surface area (Å²) in [7, 11) is 1.99. The molecular weight excluding hydrogens is 376 g/mol. The number of aliphatic imine (C=N–C) groups is 1. The molecule has 0 aliphatic heterocycles. The molecule has 3 aromatic rings. The highest BCUT2D eigenvalue weighted by Gasteiger charge is 2.14. The van der Waals surface area contributed by atoms with Crippen molar-refractivity contribution in [1.29, 1.82) is 0 Å². The lowest BCUT2D eigenvalue weighted by molar-refractivity contribution is 0.635. The monoisotopic (exact) mass is 408 g/mol. The molecule has 160 valence electrons. The Bertz CT molecular complexity index is 997. The van der Waals surface area contributed by atoms with Crippen molar-refractivity contribution in [1.82, 2.24) is 34.9 Å². The first kappa shape index (κ1) is 21.5. The van der Waals surface area contributed by atoms with E-state index in [4.69, 9.17) is 4.99 Å². The Morgan fingerprint density at radius 1 is 1.20 bits per heavy atom. The lowest BCUT2D eigenvalue weighted by Crippen LogP contribution is -2.43. The summed E-state index contributed by atoms with van der Waals surface area (Å²) < 4.78 is 3.90. The van der Waals surface area contributed by atoms with Crippen molar-refractivity contribution in [2.24, 2.45) is 12.0 Å². The van der Waals surface area contributed by atoms with Crippen molar-refractivity contribution in [3.05, 3.63) is 59.1 Å².